The maximum Gasteiger partial charge on any atom is 0.231 e. The second-order valence-corrected chi connectivity index (χ2v) is 4.14. The third-order valence-electron chi connectivity index (χ3n) is 3.08. The normalized spacial score (nSPS) is 14.9. The summed E-state index contributed by atoms with van der Waals surface area (Å²) in [6.45, 7) is 0.583. The van der Waals surface area contributed by atoms with Crippen LogP contribution in [0.3, 0.4) is 0 Å². The molecule has 2 aromatic rings. The van der Waals surface area contributed by atoms with Gasteiger partial charge in [-0.2, -0.15) is 0 Å². The van der Waals surface area contributed by atoms with Crippen LogP contribution in [0.1, 0.15) is 0 Å². The minimum atomic E-state index is 0.292. The molecule has 18 heavy (non-hydrogen) atoms. The van der Waals surface area contributed by atoms with Crippen molar-refractivity contribution in [3.8, 4) is 34.1 Å². The molecule has 0 fully saturated rings. The molecule has 0 aromatic heterocycles. The Morgan fingerprint density at radius 2 is 1.00 bits per heavy atom. The van der Waals surface area contributed by atoms with Crippen molar-refractivity contribution in [1.82, 2.24) is 0 Å². The third kappa shape index (κ3) is 1.39. The van der Waals surface area contributed by atoms with Gasteiger partial charge in [0.1, 0.15) is 0 Å². The van der Waals surface area contributed by atoms with Crippen LogP contribution in [0.5, 0.6) is 23.0 Å². The maximum absolute atomic E-state index is 5.38. The first-order valence-corrected chi connectivity index (χ1v) is 5.70. The van der Waals surface area contributed by atoms with E-state index in [1.54, 1.807) is 0 Å². The molecule has 0 bridgehead atoms. The largest absolute Gasteiger partial charge is 0.454 e. The average molecular weight is 242 g/mol. The van der Waals surface area contributed by atoms with E-state index in [1.165, 1.54) is 0 Å². The molecule has 2 aliphatic heterocycles. The van der Waals surface area contributed by atoms with Gasteiger partial charge in [-0.3, -0.25) is 0 Å². The summed E-state index contributed by atoms with van der Waals surface area (Å²) < 4.78 is 21.3. The predicted octanol–water partition coefficient (Wildman–Crippen LogP) is 2.81. The molecule has 90 valence electrons. The van der Waals surface area contributed by atoms with Crippen LogP contribution < -0.4 is 18.9 Å². The third-order valence-corrected chi connectivity index (χ3v) is 3.08. The highest BCUT2D eigenvalue weighted by molar-refractivity contribution is 5.70. The monoisotopic (exact) mass is 242 g/mol. The molecule has 0 spiro atoms. The summed E-state index contributed by atoms with van der Waals surface area (Å²) in [6.07, 6.45) is 0. The summed E-state index contributed by atoms with van der Waals surface area (Å²) in [5.74, 6) is 3.15. The first kappa shape index (κ1) is 9.65. The van der Waals surface area contributed by atoms with Crippen molar-refractivity contribution in [3.63, 3.8) is 0 Å². The second kappa shape index (κ2) is 3.57. The van der Waals surface area contributed by atoms with E-state index in [2.05, 4.69) is 0 Å². The fraction of sp³-hybridized carbons (Fsp3) is 0.143. The number of benzene rings is 2. The SMILES string of the molecule is c1cc2c(cc1-c1ccc3c(c1)OCO3)OCO2. The topological polar surface area (TPSA) is 36.9 Å². The molecule has 0 saturated heterocycles. The Morgan fingerprint density at radius 3 is 1.50 bits per heavy atom. The number of hydrogen-bond donors (Lipinski definition) is 0. The van der Waals surface area contributed by atoms with Crippen LogP contribution in [-0.2, 0) is 0 Å². The zero-order valence-electron chi connectivity index (χ0n) is 9.51. The lowest BCUT2D eigenvalue weighted by Crippen LogP contribution is -1.92. The van der Waals surface area contributed by atoms with Crippen LogP contribution >= 0.6 is 0 Å². The molecular formula is C14H10O4. The summed E-state index contributed by atoms with van der Waals surface area (Å²) in [7, 11) is 0. The average Bonchev–Trinajstić information content (AvgIpc) is 3.05. The zero-order valence-corrected chi connectivity index (χ0v) is 9.51. The molecule has 4 rings (SSSR count). The Morgan fingerprint density at radius 1 is 0.556 bits per heavy atom. The minimum Gasteiger partial charge on any atom is -0.454 e. The van der Waals surface area contributed by atoms with Gasteiger partial charge >= 0.3 is 0 Å². The van der Waals surface area contributed by atoms with E-state index in [4.69, 9.17) is 18.9 Å². The van der Waals surface area contributed by atoms with Crippen molar-refractivity contribution in [2.45, 2.75) is 0 Å². The Labute approximate surface area is 104 Å². The molecule has 0 aliphatic carbocycles. The van der Waals surface area contributed by atoms with Crippen LogP contribution in [0.2, 0.25) is 0 Å². The molecule has 0 N–H and O–H groups in total. The highest BCUT2D eigenvalue weighted by Crippen LogP contribution is 2.39. The maximum atomic E-state index is 5.38. The standard InChI is InChI=1S/C14H10O4/c1-3-11-13(17-7-15-11)5-9(1)10-2-4-12-14(6-10)18-8-16-12/h1-6H,7-8H2. The minimum absolute atomic E-state index is 0.292. The van der Waals surface area contributed by atoms with Gasteiger partial charge in [-0.15, -0.1) is 0 Å². The summed E-state index contributed by atoms with van der Waals surface area (Å²) in [5.41, 5.74) is 2.13. The lowest BCUT2D eigenvalue weighted by Gasteiger charge is -2.04. The van der Waals surface area contributed by atoms with Crippen molar-refractivity contribution in [1.29, 1.82) is 0 Å². The summed E-state index contributed by atoms with van der Waals surface area (Å²) in [6, 6.07) is 11.8. The Balaban J connectivity index is 1.78. The zero-order chi connectivity index (χ0) is 11.9. The lowest BCUT2D eigenvalue weighted by atomic mass is 10.0. The van der Waals surface area contributed by atoms with Crippen molar-refractivity contribution in [2.24, 2.45) is 0 Å². The highest BCUT2D eigenvalue weighted by atomic mass is 16.7. The van der Waals surface area contributed by atoms with Crippen LogP contribution in [0.4, 0.5) is 0 Å². The molecule has 2 heterocycles. The Bertz CT molecular complexity index is 566. The fourth-order valence-corrected chi connectivity index (χ4v) is 2.15. The number of ether oxygens (including phenoxy) is 4. The fourth-order valence-electron chi connectivity index (χ4n) is 2.15. The quantitative estimate of drug-likeness (QED) is 0.770. The van der Waals surface area contributed by atoms with Gasteiger partial charge in [0.2, 0.25) is 13.6 Å². The van der Waals surface area contributed by atoms with Gasteiger partial charge in [0.25, 0.3) is 0 Å². The molecule has 0 unspecified atom stereocenters. The van der Waals surface area contributed by atoms with Gasteiger partial charge in [0, 0.05) is 0 Å². The molecular weight excluding hydrogens is 232 g/mol. The van der Waals surface area contributed by atoms with Crippen LogP contribution in [0.15, 0.2) is 36.4 Å². The van der Waals surface area contributed by atoms with E-state index >= 15 is 0 Å². The van der Waals surface area contributed by atoms with E-state index in [9.17, 15) is 0 Å². The molecule has 0 amide bonds. The van der Waals surface area contributed by atoms with Crippen LogP contribution in [-0.4, -0.2) is 13.6 Å². The second-order valence-electron chi connectivity index (χ2n) is 4.14. The Kier molecular flexibility index (Phi) is 1.91. The van der Waals surface area contributed by atoms with Gasteiger partial charge in [-0.05, 0) is 35.4 Å². The molecule has 0 saturated carbocycles. The first-order chi connectivity index (χ1) is 8.90. The van der Waals surface area contributed by atoms with Crippen LogP contribution in [0, 0.1) is 0 Å². The van der Waals surface area contributed by atoms with Gasteiger partial charge in [0.15, 0.2) is 23.0 Å². The molecule has 4 heteroatoms. The smallest absolute Gasteiger partial charge is 0.231 e. The predicted molar refractivity (Wildman–Crippen MR) is 64.1 cm³/mol. The molecule has 4 nitrogen and oxygen atoms in total. The van der Waals surface area contributed by atoms with Gasteiger partial charge in [-0.25, -0.2) is 0 Å². The van der Waals surface area contributed by atoms with Crippen molar-refractivity contribution >= 4 is 0 Å². The van der Waals surface area contributed by atoms with E-state index in [1.807, 2.05) is 36.4 Å². The van der Waals surface area contributed by atoms with Gasteiger partial charge < -0.3 is 18.9 Å². The molecule has 0 radical (unpaired) electrons. The van der Waals surface area contributed by atoms with E-state index in [0.717, 1.165) is 34.1 Å². The van der Waals surface area contributed by atoms with Crippen LogP contribution in [0.25, 0.3) is 11.1 Å². The highest BCUT2D eigenvalue weighted by Gasteiger charge is 2.16. The van der Waals surface area contributed by atoms with Crippen molar-refractivity contribution in [3.05, 3.63) is 36.4 Å². The first-order valence-electron chi connectivity index (χ1n) is 5.70. The van der Waals surface area contributed by atoms with E-state index in [-0.39, 0.29) is 0 Å². The van der Waals surface area contributed by atoms with E-state index in [0.29, 0.717) is 13.6 Å². The number of rotatable bonds is 1. The molecule has 0 atom stereocenters. The van der Waals surface area contributed by atoms with Gasteiger partial charge in [0.05, 0.1) is 0 Å². The summed E-state index contributed by atoms with van der Waals surface area (Å²) in [5, 5.41) is 0. The molecule has 2 aliphatic rings. The van der Waals surface area contributed by atoms with Gasteiger partial charge in [-0.1, -0.05) is 12.1 Å². The Hall–Kier alpha value is -2.36. The molecule has 2 aromatic carbocycles. The van der Waals surface area contributed by atoms with Crippen molar-refractivity contribution in [2.75, 3.05) is 13.6 Å². The summed E-state index contributed by atoms with van der Waals surface area (Å²) >= 11 is 0. The number of fused-ring (bicyclic) bond motifs is 2. The van der Waals surface area contributed by atoms with Crippen molar-refractivity contribution < 1.29 is 18.9 Å². The summed E-state index contributed by atoms with van der Waals surface area (Å²) in [4.78, 5) is 0. The number of hydrogen-bond acceptors (Lipinski definition) is 4. The van der Waals surface area contributed by atoms with E-state index < -0.39 is 0 Å². The lowest BCUT2D eigenvalue weighted by molar-refractivity contribution is 0.173.